The molecule has 6 heteroatoms. The Balaban J connectivity index is 1.61. The van der Waals surface area contributed by atoms with Gasteiger partial charge in [0.2, 0.25) is 0 Å². The van der Waals surface area contributed by atoms with Crippen LogP contribution in [0.3, 0.4) is 0 Å². The molecule has 4 rings (SSSR count). The Labute approximate surface area is 144 Å². The van der Waals surface area contributed by atoms with Crippen molar-refractivity contribution in [2.75, 3.05) is 0 Å². The molecule has 0 saturated heterocycles. The maximum absolute atomic E-state index is 5.54. The second kappa shape index (κ2) is 5.72. The maximum Gasteiger partial charge on any atom is 0.257 e. The molecule has 2 N–H and O–H groups in total. The molecule has 0 amide bonds. The molecule has 122 valence electrons. The Kier molecular flexibility index (Phi) is 3.66. The fraction of sp³-hybridized carbons (Fsp3) is 0.278. The van der Waals surface area contributed by atoms with Gasteiger partial charge in [0.25, 0.3) is 5.89 Å². The van der Waals surface area contributed by atoms with Gasteiger partial charge in [0.15, 0.2) is 5.82 Å². The highest BCUT2D eigenvalue weighted by molar-refractivity contribution is 7.97. The first-order chi connectivity index (χ1) is 11.6. The summed E-state index contributed by atoms with van der Waals surface area (Å²) in [6.45, 7) is 4.46. The van der Waals surface area contributed by atoms with Crippen molar-refractivity contribution in [2.45, 2.75) is 30.7 Å². The van der Waals surface area contributed by atoms with E-state index in [2.05, 4.69) is 35.0 Å². The van der Waals surface area contributed by atoms with Gasteiger partial charge in [-0.3, -0.25) is 5.14 Å². The zero-order valence-corrected chi connectivity index (χ0v) is 14.3. The number of hydrogen-bond donors (Lipinski definition) is 1. The van der Waals surface area contributed by atoms with E-state index in [4.69, 9.17) is 9.66 Å². The first-order valence-electron chi connectivity index (χ1n) is 7.83. The second-order valence-corrected chi connectivity index (χ2v) is 7.30. The van der Waals surface area contributed by atoms with E-state index in [9.17, 15) is 0 Å². The van der Waals surface area contributed by atoms with Crippen LogP contribution in [0.1, 0.15) is 37.1 Å². The Bertz CT molecular complexity index is 845. The summed E-state index contributed by atoms with van der Waals surface area (Å²) < 4.78 is 5.47. The number of aromatic nitrogens is 3. The average Bonchev–Trinajstić information content (AvgIpc) is 2.97. The lowest BCUT2D eigenvalue weighted by molar-refractivity contribution is 0.419. The summed E-state index contributed by atoms with van der Waals surface area (Å²) in [5.41, 5.74) is 2.21. The van der Waals surface area contributed by atoms with Crippen LogP contribution in [-0.2, 0) is 0 Å². The van der Waals surface area contributed by atoms with Crippen LogP contribution < -0.4 is 5.14 Å². The molecule has 2 aromatic heterocycles. The smallest absolute Gasteiger partial charge is 0.257 e. The summed E-state index contributed by atoms with van der Waals surface area (Å²) >= 11 is 1.16. The second-order valence-electron chi connectivity index (χ2n) is 6.65. The minimum Gasteiger partial charge on any atom is -0.334 e. The molecule has 1 aliphatic carbocycles. The molecule has 1 saturated carbocycles. The van der Waals surface area contributed by atoms with Crippen molar-refractivity contribution in [3.05, 3.63) is 60.0 Å². The molecule has 2 heterocycles. The third kappa shape index (κ3) is 2.52. The first-order valence-corrected chi connectivity index (χ1v) is 8.71. The lowest BCUT2D eigenvalue weighted by atomic mass is 10.1. The van der Waals surface area contributed by atoms with Gasteiger partial charge in [0.1, 0.15) is 5.03 Å². The van der Waals surface area contributed by atoms with Gasteiger partial charge in [0, 0.05) is 23.6 Å². The van der Waals surface area contributed by atoms with Gasteiger partial charge in [-0.25, -0.2) is 4.98 Å². The van der Waals surface area contributed by atoms with E-state index in [1.54, 1.807) is 0 Å². The van der Waals surface area contributed by atoms with Gasteiger partial charge in [-0.1, -0.05) is 43.3 Å². The van der Waals surface area contributed by atoms with Gasteiger partial charge in [-0.15, -0.1) is 0 Å². The van der Waals surface area contributed by atoms with Gasteiger partial charge in [0.05, 0.1) is 0 Å². The van der Waals surface area contributed by atoms with E-state index in [1.807, 2.05) is 42.6 Å². The van der Waals surface area contributed by atoms with Crippen LogP contribution in [0.2, 0.25) is 0 Å². The van der Waals surface area contributed by atoms with E-state index >= 15 is 0 Å². The van der Waals surface area contributed by atoms with Crippen LogP contribution in [-0.4, -0.2) is 15.1 Å². The Hall–Kier alpha value is -2.18. The van der Waals surface area contributed by atoms with Crippen LogP contribution in [0.4, 0.5) is 0 Å². The molecule has 1 fully saturated rings. The van der Waals surface area contributed by atoms with E-state index in [-0.39, 0.29) is 11.3 Å². The molecule has 0 aliphatic heterocycles. The number of benzene rings is 1. The summed E-state index contributed by atoms with van der Waals surface area (Å²) in [5.74, 6) is 1.90. The quantitative estimate of drug-likeness (QED) is 0.724. The van der Waals surface area contributed by atoms with E-state index < -0.39 is 0 Å². The molecule has 24 heavy (non-hydrogen) atoms. The predicted molar refractivity (Wildman–Crippen MR) is 93.3 cm³/mol. The number of rotatable bonds is 4. The summed E-state index contributed by atoms with van der Waals surface area (Å²) in [4.78, 5) is 9.00. The van der Waals surface area contributed by atoms with Gasteiger partial charge in [-0.05, 0) is 41.1 Å². The Morgan fingerprint density at radius 1 is 1.08 bits per heavy atom. The molecule has 1 aromatic carbocycles. The van der Waals surface area contributed by atoms with Crippen LogP contribution >= 0.6 is 11.9 Å². The van der Waals surface area contributed by atoms with Crippen LogP contribution in [0.5, 0.6) is 0 Å². The molecule has 2 atom stereocenters. The minimum atomic E-state index is 0.0802. The van der Waals surface area contributed by atoms with Crippen molar-refractivity contribution in [1.82, 2.24) is 15.1 Å². The monoisotopic (exact) mass is 338 g/mol. The number of hydrogen-bond acceptors (Lipinski definition) is 6. The third-order valence-electron chi connectivity index (χ3n) is 4.81. The van der Waals surface area contributed by atoms with Gasteiger partial charge >= 0.3 is 0 Å². The molecule has 1 aliphatic rings. The molecule has 0 bridgehead atoms. The molecule has 0 spiro atoms. The summed E-state index contributed by atoms with van der Waals surface area (Å²) in [6.07, 6.45) is 1.90. The largest absolute Gasteiger partial charge is 0.334 e. The SMILES string of the molecule is CC1(C)C(c2ccc(SN)nc2)C1c1noc(-c2ccccc2)n1. The number of pyridine rings is 1. The molecule has 5 nitrogen and oxygen atoms in total. The van der Waals surface area contributed by atoms with Gasteiger partial charge in [-0.2, -0.15) is 4.98 Å². The fourth-order valence-electron chi connectivity index (χ4n) is 3.45. The highest BCUT2D eigenvalue weighted by Crippen LogP contribution is 2.69. The van der Waals surface area contributed by atoms with Crippen LogP contribution in [0.15, 0.2) is 58.2 Å². The summed E-state index contributed by atoms with van der Waals surface area (Å²) in [6, 6.07) is 13.9. The topological polar surface area (TPSA) is 77.8 Å². The van der Waals surface area contributed by atoms with Crippen molar-refractivity contribution in [2.24, 2.45) is 10.6 Å². The van der Waals surface area contributed by atoms with Gasteiger partial charge < -0.3 is 4.52 Å². The summed E-state index contributed by atoms with van der Waals surface area (Å²) in [5, 5.41) is 10.6. The normalized spacial score (nSPS) is 21.6. The summed E-state index contributed by atoms with van der Waals surface area (Å²) in [7, 11) is 0. The molecule has 3 aromatic rings. The standard InChI is InChI=1S/C18H18N4OS/c1-18(2)14(12-8-9-13(24-19)20-10-12)15(18)16-21-17(23-22-16)11-6-4-3-5-7-11/h3-10,14-15H,19H2,1-2H3. The number of nitrogens with two attached hydrogens (primary N) is 1. The predicted octanol–water partition coefficient (Wildman–Crippen LogP) is 4.00. The van der Waals surface area contributed by atoms with Crippen LogP contribution in [0, 0.1) is 5.41 Å². The zero-order valence-electron chi connectivity index (χ0n) is 13.5. The van der Waals surface area contributed by atoms with E-state index in [0.29, 0.717) is 11.8 Å². The lowest BCUT2D eigenvalue weighted by Crippen LogP contribution is -1.92. The molecular weight excluding hydrogens is 320 g/mol. The fourth-order valence-corrected chi connectivity index (χ4v) is 3.71. The molecule has 2 unspecified atom stereocenters. The number of nitrogens with zero attached hydrogens (tertiary/aromatic N) is 3. The van der Waals surface area contributed by atoms with E-state index in [1.165, 1.54) is 5.56 Å². The maximum atomic E-state index is 5.54. The van der Waals surface area contributed by atoms with Crippen molar-refractivity contribution >= 4 is 11.9 Å². The molecule has 0 radical (unpaired) electrons. The van der Waals surface area contributed by atoms with E-state index in [0.717, 1.165) is 28.4 Å². The highest BCUT2D eigenvalue weighted by atomic mass is 32.2. The van der Waals surface area contributed by atoms with Crippen LogP contribution in [0.25, 0.3) is 11.5 Å². The lowest BCUT2D eigenvalue weighted by Gasteiger charge is -2.02. The Morgan fingerprint density at radius 3 is 2.54 bits per heavy atom. The molecular formula is C18H18N4OS. The average molecular weight is 338 g/mol. The van der Waals surface area contributed by atoms with Crippen molar-refractivity contribution in [1.29, 1.82) is 0 Å². The van der Waals surface area contributed by atoms with Crippen molar-refractivity contribution < 1.29 is 4.52 Å². The van der Waals surface area contributed by atoms with Crippen molar-refractivity contribution in [3.63, 3.8) is 0 Å². The van der Waals surface area contributed by atoms with Crippen molar-refractivity contribution in [3.8, 4) is 11.5 Å². The zero-order chi connectivity index (χ0) is 16.7. The highest BCUT2D eigenvalue weighted by Gasteiger charge is 2.61. The Morgan fingerprint density at radius 2 is 1.88 bits per heavy atom. The third-order valence-corrected chi connectivity index (χ3v) is 5.29. The minimum absolute atomic E-state index is 0.0802. The first kappa shape index (κ1) is 15.4.